The van der Waals surface area contributed by atoms with Gasteiger partial charge >= 0.3 is 18.0 Å². The van der Waals surface area contributed by atoms with E-state index < -0.39 is 67.2 Å². The number of esters is 2. The van der Waals surface area contributed by atoms with Crippen LogP contribution in [-0.4, -0.2) is 67.6 Å². The van der Waals surface area contributed by atoms with Gasteiger partial charge in [0.05, 0.1) is 18.4 Å². The maximum atomic E-state index is 12.8. The van der Waals surface area contributed by atoms with Crippen molar-refractivity contribution >= 4 is 23.7 Å². The van der Waals surface area contributed by atoms with Gasteiger partial charge in [0.1, 0.15) is 6.10 Å². The zero-order valence-corrected chi connectivity index (χ0v) is 19.4. The van der Waals surface area contributed by atoms with Crippen molar-refractivity contribution in [2.24, 2.45) is 11.8 Å². The summed E-state index contributed by atoms with van der Waals surface area (Å²) in [6.07, 6.45) is -2.41. The molecule has 1 aromatic carbocycles. The van der Waals surface area contributed by atoms with Crippen molar-refractivity contribution in [3.63, 3.8) is 0 Å². The molecule has 0 saturated carbocycles. The molecular formula is C24H31NO9. The van der Waals surface area contributed by atoms with Crippen molar-refractivity contribution in [2.45, 2.75) is 57.4 Å². The number of hydrogen-bond acceptors (Lipinski definition) is 9. The molecule has 2 heterocycles. The number of aliphatic hydroxyl groups is 1. The Bertz CT molecular complexity index is 874. The molecule has 34 heavy (non-hydrogen) atoms. The number of allylic oxidation sites excluding steroid dienone is 2. The monoisotopic (exact) mass is 477 g/mol. The summed E-state index contributed by atoms with van der Waals surface area (Å²) < 4.78 is 28.0. The number of nitrogens with one attached hydrogen (secondary N) is 1. The lowest BCUT2D eigenvalue weighted by Crippen LogP contribution is -2.63. The van der Waals surface area contributed by atoms with E-state index in [2.05, 4.69) is 5.32 Å². The van der Waals surface area contributed by atoms with Gasteiger partial charge in [0.25, 0.3) is 0 Å². The first-order chi connectivity index (χ1) is 16.3. The molecule has 0 spiro atoms. The smallest absolute Gasteiger partial charge is 0.412 e. The van der Waals surface area contributed by atoms with Gasteiger partial charge in [-0.15, -0.1) is 0 Å². The Kier molecular flexibility index (Phi) is 9.03. The van der Waals surface area contributed by atoms with Crippen LogP contribution in [0.4, 0.5) is 10.5 Å². The van der Waals surface area contributed by atoms with Crippen molar-refractivity contribution in [1.82, 2.24) is 0 Å². The van der Waals surface area contributed by atoms with E-state index in [-0.39, 0.29) is 0 Å². The minimum atomic E-state index is -1.28. The third-order valence-corrected chi connectivity index (χ3v) is 5.72. The van der Waals surface area contributed by atoms with Crippen LogP contribution in [0.1, 0.15) is 26.7 Å². The fraction of sp³-hybridized carbons (Fsp3) is 0.542. The highest BCUT2D eigenvalue weighted by Crippen LogP contribution is 2.31. The highest BCUT2D eigenvalue weighted by Gasteiger charge is 2.53. The van der Waals surface area contributed by atoms with Gasteiger partial charge < -0.3 is 28.8 Å². The van der Waals surface area contributed by atoms with Crippen LogP contribution in [0.2, 0.25) is 0 Å². The topological polar surface area (TPSA) is 130 Å². The van der Waals surface area contributed by atoms with Gasteiger partial charge in [-0.1, -0.05) is 44.2 Å². The van der Waals surface area contributed by atoms with Gasteiger partial charge in [-0.25, -0.2) is 4.79 Å². The van der Waals surface area contributed by atoms with Crippen LogP contribution >= 0.6 is 0 Å². The first kappa shape index (κ1) is 25.7. The molecular weight excluding hydrogens is 446 g/mol. The predicted molar refractivity (Wildman–Crippen MR) is 120 cm³/mol. The fourth-order valence-corrected chi connectivity index (χ4v) is 3.70. The van der Waals surface area contributed by atoms with Crippen molar-refractivity contribution in [1.29, 1.82) is 0 Å². The molecule has 0 radical (unpaired) electrons. The summed E-state index contributed by atoms with van der Waals surface area (Å²) in [5, 5.41) is 12.5. The first-order valence-electron chi connectivity index (χ1n) is 11.2. The quantitative estimate of drug-likeness (QED) is 0.381. The number of benzene rings is 1. The Hall–Kier alpha value is -2.95. The molecule has 0 unspecified atom stereocenters. The Balaban J connectivity index is 1.92. The van der Waals surface area contributed by atoms with Crippen LogP contribution in [0.25, 0.3) is 0 Å². The molecule has 3 rings (SSSR count). The Morgan fingerprint density at radius 3 is 2.18 bits per heavy atom. The predicted octanol–water partition coefficient (Wildman–Crippen LogP) is 2.41. The van der Waals surface area contributed by atoms with Crippen LogP contribution in [0.15, 0.2) is 42.5 Å². The number of ether oxygens (including phenoxy) is 5. The van der Waals surface area contributed by atoms with Crippen LogP contribution in [0.3, 0.4) is 0 Å². The molecule has 2 aliphatic rings. The number of amides is 1. The van der Waals surface area contributed by atoms with E-state index in [0.717, 1.165) is 0 Å². The van der Waals surface area contributed by atoms with Crippen LogP contribution in [-0.2, 0) is 33.3 Å². The zero-order chi connectivity index (χ0) is 24.7. The second kappa shape index (κ2) is 12.0. The first-order valence-corrected chi connectivity index (χ1v) is 11.2. The number of aliphatic hydroxyl groups excluding tert-OH is 1. The van der Waals surface area contributed by atoms with E-state index in [4.69, 9.17) is 23.7 Å². The molecule has 10 heteroatoms. The van der Waals surface area contributed by atoms with E-state index >= 15 is 0 Å². The zero-order valence-electron chi connectivity index (χ0n) is 19.4. The minimum Gasteiger partial charge on any atom is -0.455 e. The third kappa shape index (κ3) is 6.34. The van der Waals surface area contributed by atoms with Crippen molar-refractivity contribution in [2.75, 3.05) is 19.0 Å². The van der Waals surface area contributed by atoms with Crippen molar-refractivity contribution < 1.29 is 43.2 Å². The highest BCUT2D eigenvalue weighted by molar-refractivity contribution is 5.84. The lowest BCUT2D eigenvalue weighted by molar-refractivity contribution is -0.299. The number of carbonyl (C=O) groups is 3. The molecule has 2 N–H and O–H groups in total. The summed E-state index contributed by atoms with van der Waals surface area (Å²) in [7, 11) is 1.32. The average Bonchev–Trinajstić information content (AvgIpc) is 2.83. The van der Waals surface area contributed by atoms with Gasteiger partial charge in [-0.2, -0.15) is 0 Å². The maximum Gasteiger partial charge on any atom is 0.412 e. The SMILES string of the molecule is CO[C@H]1O[C@H](CO)[C@@H]2OC(=O)[C@@H](C)CC=CC[C@H](C)C(=O)O[C@@H]2[C@H]1OC(=O)Nc1ccccc1. The van der Waals surface area contributed by atoms with E-state index in [1.807, 2.05) is 12.2 Å². The fourth-order valence-electron chi connectivity index (χ4n) is 3.70. The molecule has 7 atom stereocenters. The van der Waals surface area contributed by atoms with Crippen molar-refractivity contribution in [3.8, 4) is 0 Å². The standard InChI is InChI=1S/C24H31NO9/c1-14-9-7-8-10-15(2)22(28)33-19-18(32-21(14)27)17(13-26)31-23(30-3)20(19)34-24(29)25-16-11-5-4-6-12-16/h4-8,11-12,14-15,17-20,23,26H,9-10,13H2,1-3H3,(H,25,29)/t14-,15-,17+,18-,19-,20+,23-/m0/s1. The third-order valence-electron chi connectivity index (χ3n) is 5.72. The van der Waals surface area contributed by atoms with Crippen LogP contribution in [0.5, 0.6) is 0 Å². The summed E-state index contributed by atoms with van der Waals surface area (Å²) in [6, 6.07) is 8.62. The highest BCUT2D eigenvalue weighted by atomic mass is 16.7. The summed E-state index contributed by atoms with van der Waals surface area (Å²) in [5.74, 6) is -2.12. The lowest BCUT2D eigenvalue weighted by atomic mass is 9.97. The van der Waals surface area contributed by atoms with Gasteiger partial charge in [-0.3, -0.25) is 14.9 Å². The largest absolute Gasteiger partial charge is 0.455 e. The van der Waals surface area contributed by atoms with E-state index in [1.54, 1.807) is 44.2 Å². The number of methoxy groups -OCH3 is 1. The van der Waals surface area contributed by atoms with Crippen LogP contribution in [0, 0.1) is 11.8 Å². The number of para-hydroxylation sites is 1. The molecule has 2 aliphatic heterocycles. The second-order valence-corrected chi connectivity index (χ2v) is 8.37. The molecule has 1 fully saturated rings. The molecule has 10 nitrogen and oxygen atoms in total. The minimum absolute atomic E-state index is 0.408. The molecule has 1 amide bonds. The molecule has 1 saturated heterocycles. The number of fused-ring (bicyclic) bond motifs is 1. The summed E-state index contributed by atoms with van der Waals surface area (Å²) in [6.45, 7) is 2.87. The van der Waals surface area contributed by atoms with Crippen LogP contribution < -0.4 is 5.32 Å². The summed E-state index contributed by atoms with van der Waals surface area (Å²) in [4.78, 5) is 38.2. The number of anilines is 1. The Labute approximate surface area is 198 Å². The molecule has 0 bridgehead atoms. The number of rotatable bonds is 4. The van der Waals surface area contributed by atoms with Gasteiger partial charge in [0, 0.05) is 12.8 Å². The van der Waals surface area contributed by atoms with Gasteiger partial charge in [0.2, 0.25) is 0 Å². The normalized spacial score (nSPS) is 32.3. The Morgan fingerprint density at radius 2 is 1.62 bits per heavy atom. The number of hydrogen-bond donors (Lipinski definition) is 2. The molecule has 0 aromatic heterocycles. The molecule has 0 aliphatic carbocycles. The van der Waals surface area contributed by atoms with E-state index in [1.165, 1.54) is 7.11 Å². The van der Waals surface area contributed by atoms with Gasteiger partial charge in [0.15, 0.2) is 24.6 Å². The molecule has 1 aromatic rings. The summed E-state index contributed by atoms with van der Waals surface area (Å²) >= 11 is 0. The lowest BCUT2D eigenvalue weighted by Gasteiger charge is -2.44. The number of carbonyl (C=O) groups excluding carboxylic acids is 3. The second-order valence-electron chi connectivity index (χ2n) is 8.37. The van der Waals surface area contributed by atoms with E-state index in [0.29, 0.717) is 18.5 Å². The molecule has 186 valence electrons. The van der Waals surface area contributed by atoms with Gasteiger partial charge in [-0.05, 0) is 25.0 Å². The summed E-state index contributed by atoms with van der Waals surface area (Å²) in [5.41, 5.74) is 0.485. The Morgan fingerprint density at radius 1 is 1.03 bits per heavy atom. The maximum absolute atomic E-state index is 12.8. The average molecular weight is 478 g/mol. The van der Waals surface area contributed by atoms with Crippen molar-refractivity contribution in [3.05, 3.63) is 42.5 Å². The van der Waals surface area contributed by atoms with E-state index in [9.17, 15) is 19.5 Å².